The van der Waals surface area contributed by atoms with Crippen LogP contribution in [0, 0.1) is 0 Å². The number of rotatable bonds is 2. The number of ether oxygens (including phenoxy) is 2. The Morgan fingerprint density at radius 1 is 1.73 bits per heavy atom. The lowest BCUT2D eigenvalue weighted by molar-refractivity contribution is -0.147. The monoisotopic (exact) mass is 158 g/mol. The first-order chi connectivity index (χ1) is 5.05. The van der Waals surface area contributed by atoms with Crippen molar-refractivity contribution in [2.75, 3.05) is 6.61 Å². The molecule has 0 saturated carbocycles. The summed E-state index contributed by atoms with van der Waals surface area (Å²) in [6.07, 6.45) is 0.564. The highest BCUT2D eigenvalue weighted by Crippen LogP contribution is 2.24. The zero-order valence-corrected chi connectivity index (χ0v) is 6.91. The first-order valence-corrected chi connectivity index (χ1v) is 3.67. The van der Waals surface area contributed by atoms with Crippen molar-refractivity contribution >= 4 is 0 Å². The van der Waals surface area contributed by atoms with E-state index in [0.717, 1.165) is 0 Å². The Morgan fingerprint density at radius 2 is 2.36 bits per heavy atom. The SMILES string of the molecule is C=C[C@@H](O)[C@@H]1COC(C)(C)O1. The Balaban J connectivity index is 2.47. The molecule has 1 saturated heterocycles. The summed E-state index contributed by atoms with van der Waals surface area (Å²) in [6, 6.07) is 0. The molecule has 0 aromatic carbocycles. The smallest absolute Gasteiger partial charge is 0.163 e. The van der Waals surface area contributed by atoms with Crippen molar-refractivity contribution in [2.24, 2.45) is 0 Å². The van der Waals surface area contributed by atoms with Gasteiger partial charge >= 0.3 is 0 Å². The topological polar surface area (TPSA) is 38.7 Å². The molecule has 0 aromatic rings. The molecule has 2 atom stereocenters. The van der Waals surface area contributed by atoms with Crippen molar-refractivity contribution in [2.45, 2.75) is 31.8 Å². The first kappa shape index (κ1) is 8.71. The quantitative estimate of drug-likeness (QED) is 0.601. The predicted octanol–water partition coefficient (Wildman–Crippen LogP) is 0.685. The van der Waals surface area contributed by atoms with Crippen molar-refractivity contribution in [1.82, 2.24) is 0 Å². The minimum atomic E-state index is -0.628. The van der Waals surface area contributed by atoms with Crippen LogP contribution in [0.15, 0.2) is 12.7 Å². The average Bonchev–Trinajstić information content (AvgIpc) is 2.29. The zero-order chi connectivity index (χ0) is 8.48. The predicted molar refractivity (Wildman–Crippen MR) is 41.1 cm³/mol. The molecule has 1 N–H and O–H groups in total. The van der Waals surface area contributed by atoms with Crippen LogP contribution >= 0.6 is 0 Å². The van der Waals surface area contributed by atoms with Crippen LogP contribution in [0.25, 0.3) is 0 Å². The van der Waals surface area contributed by atoms with Gasteiger partial charge in [0.25, 0.3) is 0 Å². The first-order valence-electron chi connectivity index (χ1n) is 3.67. The van der Waals surface area contributed by atoms with Gasteiger partial charge in [0, 0.05) is 0 Å². The third-order valence-corrected chi connectivity index (χ3v) is 1.65. The van der Waals surface area contributed by atoms with Crippen LogP contribution in [-0.2, 0) is 9.47 Å². The summed E-state index contributed by atoms with van der Waals surface area (Å²) >= 11 is 0. The van der Waals surface area contributed by atoms with E-state index in [1.807, 2.05) is 13.8 Å². The number of aliphatic hydroxyl groups is 1. The van der Waals surface area contributed by atoms with Gasteiger partial charge in [0.05, 0.1) is 6.61 Å². The van der Waals surface area contributed by atoms with Gasteiger partial charge in [-0.3, -0.25) is 0 Å². The Morgan fingerprint density at radius 3 is 2.73 bits per heavy atom. The number of aliphatic hydroxyl groups excluding tert-OH is 1. The van der Waals surface area contributed by atoms with Gasteiger partial charge in [-0.2, -0.15) is 0 Å². The van der Waals surface area contributed by atoms with E-state index in [1.54, 1.807) is 0 Å². The normalized spacial score (nSPS) is 31.7. The molecule has 0 aliphatic carbocycles. The maximum absolute atomic E-state index is 9.27. The molecule has 0 spiro atoms. The van der Waals surface area contributed by atoms with Gasteiger partial charge in [-0.05, 0) is 13.8 Å². The van der Waals surface area contributed by atoms with Gasteiger partial charge in [0.2, 0.25) is 0 Å². The molecule has 1 heterocycles. The maximum atomic E-state index is 9.27. The minimum absolute atomic E-state index is 0.262. The fourth-order valence-corrected chi connectivity index (χ4v) is 1.04. The van der Waals surface area contributed by atoms with Crippen LogP contribution in [0.3, 0.4) is 0 Å². The summed E-state index contributed by atoms with van der Waals surface area (Å²) in [5, 5.41) is 9.27. The molecule has 0 aromatic heterocycles. The molecule has 3 heteroatoms. The van der Waals surface area contributed by atoms with Crippen LogP contribution in [0.2, 0.25) is 0 Å². The average molecular weight is 158 g/mol. The standard InChI is InChI=1S/C8H14O3/c1-4-6(9)7-5-10-8(2,3)11-7/h4,6-7,9H,1,5H2,2-3H3/t6-,7+/m1/s1. The van der Waals surface area contributed by atoms with E-state index in [1.165, 1.54) is 6.08 Å². The largest absolute Gasteiger partial charge is 0.386 e. The molecular weight excluding hydrogens is 144 g/mol. The molecule has 1 aliphatic rings. The molecular formula is C8H14O3. The Labute approximate surface area is 66.6 Å². The molecule has 0 amide bonds. The number of hydrogen-bond acceptors (Lipinski definition) is 3. The van der Waals surface area contributed by atoms with E-state index in [0.29, 0.717) is 6.61 Å². The van der Waals surface area contributed by atoms with Crippen LogP contribution in [0.1, 0.15) is 13.8 Å². The van der Waals surface area contributed by atoms with Crippen molar-refractivity contribution in [3.63, 3.8) is 0 Å². The highest BCUT2D eigenvalue weighted by molar-refractivity contribution is 4.88. The Kier molecular flexibility index (Phi) is 2.32. The summed E-state index contributed by atoms with van der Waals surface area (Å²) in [6.45, 7) is 7.54. The van der Waals surface area contributed by atoms with E-state index < -0.39 is 11.9 Å². The molecule has 1 fully saturated rings. The molecule has 0 radical (unpaired) electrons. The highest BCUT2D eigenvalue weighted by atomic mass is 16.7. The summed E-state index contributed by atoms with van der Waals surface area (Å²) < 4.78 is 10.6. The third-order valence-electron chi connectivity index (χ3n) is 1.65. The van der Waals surface area contributed by atoms with Crippen molar-refractivity contribution in [3.05, 3.63) is 12.7 Å². The molecule has 1 rings (SSSR count). The summed E-state index contributed by atoms with van der Waals surface area (Å²) in [5.74, 6) is -0.561. The van der Waals surface area contributed by atoms with Crippen molar-refractivity contribution in [3.8, 4) is 0 Å². The molecule has 0 unspecified atom stereocenters. The molecule has 1 aliphatic heterocycles. The van der Waals surface area contributed by atoms with Crippen LogP contribution in [0.4, 0.5) is 0 Å². The van der Waals surface area contributed by atoms with Crippen molar-refractivity contribution < 1.29 is 14.6 Å². The van der Waals surface area contributed by atoms with Gasteiger partial charge < -0.3 is 14.6 Å². The molecule has 64 valence electrons. The fourth-order valence-electron chi connectivity index (χ4n) is 1.04. The second kappa shape index (κ2) is 2.93. The second-order valence-corrected chi connectivity index (χ2v) is 3.09. The van der Waals surface area contributed by atoms with Crippen LogP contribution < -0.4 is 0 Å². The number of hydrogen-bond donors (Lipinski definition) is 1. The second-order valence-electron chi connectivity index (χ2n) is 3.09. The summed E-state index contributed by atoms with van der Waals surface area (Å²) in [5.41, 5.74) is 0. The molecule has 11 heavy (non-hydrogen) atoms. The van der Waals surface area contributed by atoms with E-state index in [4.69, 9.17) is 9.47 Å². The van der Waals surface area contributed by atoms with Crippen LogP contribution in [-0.4, -0.2) is 29.7 Å². The highest BCUT2D eigenvalue weighted by Gasteiger charge is 2.35. The van der Waals surface area contributed by atoms with Gasteiger partial charge in [-0.15, -0.1) is 6.58 Å². The van der Waals surface area contributed by atoms with Gasteiger partial charge in [-0.25, -0.2) is 0 Å². The van der Waals surface area contributed by atoms with E-state index >= 15 is 0 Å². The lowest BCUT2D eigenvalue weighted by Gasteiger charge is -2.18. The molecule has 3 nitrogen and oxygen atoms in total. The maximum Gasteiger partial charge on any atom is 0.163 e. The minimum Gasteiger partial charge on any atom is -0.386 e. The Bertz CT molecular complexity index is 153. The zero-order valence-electron chi connectivity index (χ0n) is 6.91. The van der Waals surface area contributed by atoms with Crippen LogP contribution in [0.5, 0.6) is 0 Å². The van der Waals surface area contributed by atoms with Crippen molar-refractivity contribution in [1.29, 1.82) is 0 Å². The summed E-state index contributed by atoms with van der Waals surface area (Å²) in [7, 11) is 0. The molecule has 0 bridgehead atoms. The van der Waals surface area contributed by atoms with E-state index in [2.05, 4.69) is 6.58 Å². The van der Waals surface area contributed by atoms with Gasteiger partial charge in [-0.1, -0.05) is 6.08 Å². The fraction of sp³-hybridized carbons (Fsp3) is 0.750. The van der Waals surface area contributed by atoms with Gasteiger partial charge in [0.15, 0.2) is 5.79 Å². The Hall–Kier alpha value is -0.380. The van der Waals surface area contributed by atoms with Gasteiger partial charge in [0.1, 0.15) is 12.2 Å². The van der Waals surface area contributed by atoms with E-state index in [-0.39, 0.29) is 6.10 Å². The lowest BCUT2D eigenvalue weighted by atomic mass is 10.2. The summed E-state index contributed by atoms with van der Waals surface area (Å²) in [4.78, 5) is 0. The van der Waals surface area contributed by atoms with E-state index in [9.17, 15) is 5.11 Å². The third kappa shape index (κ3) is 2.02. The lowest BCUT2D eigenvalue weighted by Crippen LogP contribution is -2.28.